The Hall–Kier alpha value is -1.77. The van der Waals surface area contributed by atoms with E-state index in [1.807, 2.05) is 19.3 Å². The summed E-state index contributed by atoms with van der Waals surface area (Å²) >= 11 is 0. The summed E-state index contributed by atoms with van der Waals surface area (Å²) in [6, 6.07) is 8.62. The molecule has 18 heavy (non-hydrogen) atoms. The van der Waals surface area contributed by atoms with Gasteiger partial charge in [0, 0.05) is 31.2 Å². The van der Waals surface area contributed by atoms with Crippen molar-refractivity contribution in [2.45, 2.75) is 27.3 Å². The lowest BCUT2D eigenvalue weighted by molar-refractivity contribution is 0.689. The number of nitrogens with zero attached hydrogens (tertiary/aromatic N) is 2. The first-order valence-corrected chi connectivity index (χ1v) is 6.45. The SMILES string of the molecule is Cc1nccn1Cc1ccc(NCC(C)C)cc1. The third kappa shape index (κ3) is 3.36. The zero-order chi connectivity index (χ0) is 13.0. The summed E-state index contributed by atoms with van der Waals surface area (Å²) in [7, 11) is 0. The van der Waals surface area contributed by atoms with Crippen molar-refractivity contribution in [2.75, 3.05) is 11.9 Å². The number of nitrogens with one attached hydrogen (secondary N) is 1. The van der Waals surface area contributed by atoms with Crippen molar-refractivity contribution >= 4 is 5.69 Å². The third-order valence-electron chi connectivity index (χ3n) is 2.94. The smallest absolute Gasteiger partial charge is 0.105 e. The standard InChI is InChI=1S/C15H21N3/c1-12(2)10-17-15-6-4-14(5-7-15)11-18-9-8-16-13(18)3/h4-9,12,17H,10-11H2,1-3H3. The van der Waals surface area contributed by atoms with Crippen LogP contribution in [-0.4, -0.2) is 16.1 Å². The molecule has 0 radical (unpaired) electrons. The number of aromatic nitrogens is 2. The molecule has 1 aromatic carbocycles. The molecule has 2 aromatic rings. The molecule has 0 bridgehead atoms. The molecule has 0 atom stereocenters. The summed E-state index contributed by atoms with van der Waals surface area (Å²) in [5, 5.41) is 3.42. The summed E-state index contributed by atoms with van der Waals surface area (Å²) < 4.78 is 2.15. The Morgan fingerprint density at radius 2 is 1.94 bits per heavy atom. The van der Waals surface area contributed by atoms with Crippen LogP contribution in [0.25, 0.3) is 0 Å². The molecule has 1 heterocycles. The first-order valence-electron chi connectivity index (χ1n) is 6.45. The summed E-state index contributed by atoms with van der Waals surface area (Å²) in [4.78, 5) is 4.23. The molecular weight excluding hydrogens is 222 g/mol. The predicted molar refractivity (Wildman–Crippen MR) is 75.8 cm³/mol. The maximum atomic E-state index is 4.23. The lowest BCUT2D eigenvalue weighted by atomic mass is 10.2. The van der Waals surface area contributed by atoms with Crippen LogP contribution in [0.15, 0.2) is 36.7 Å². The predicted octanol–water partition coefficient (Wildman–Crippen LogP) is 3.31. The number of benzene rings is 1. The molecule has 0 aliphatic rings. The van der Waals surface area contributed by atoms with Crippen LogP contribution in [0.5, 0.6) is 0 Å². The minimum absolute atomic E-state index is 0.665. The average Bonchev–Trinajstić information content (AvgIpc) is 2.74. The number of rotatable bonds is 5. The zero-order valence-corrected chi connectivity index (χ0v) is 11.4. The minimum atomic E-state index is 0.665. The van der Waals surface area contributed by atoms with E-state index >= 15 is 0 Å². The maximum Gasteiger partial charge on any atom is 0.105 e. The van der Waals surface area contributed by atoms with Gasteiger partial charge in [-0.15, -0.1) is 0 Å². The zero-order valence-electron chi connectivity index (χ0n) is 11.4. The Morgan fingerprint density at radius 3 is 2.50 bits per heavy atom. The molecular formula is C15H21N3. The van der Waals surface area contributed by atoms with E-state index in [1.165, 1.54) is 11.3 Å². The summed E-state index contributed by atoms with van der Waals surface area (Å²) in [6.07, 6.45) is 3.86. The fourth-order valence-electron chi connectivity index (χ4n) is 1.82. The average molecular weight is 243 g/mol. The normalized spacial score (nSPS) is 10.9. The Kier molecular flexibility index (Phi) is 4.03. The van der Waals surface area contributed by atoms with Crippen LogP contribution in [0.1, 0.15) is 25.2 Å². The van der Waals surface area contributed by atoms with Crippen LogP contribution >= 0.6 is 0 Å². The van der Waals surface area contributed by atoms with Crippen LogP contribution in [0.3, 0.4) is 0 Å². The van der Waals surface area contributed by atoms with Gasteiger partial charge in [0.2, 0.25) is 0 Å². The second-order valence-electron chi connectivity index (χ2n) is 5.07. The molecule has 96 valence electrons. The molecule has 1 N–H and O–H groups in total. The van der Waals surface area contributed by atoms with Gasteiger partial charge >= 0.3 is 0 Å². The highest BCUT2D eigenvalue weighted by molar-refractivity contribution is 5.44. The van der Waals surface area contributed by atoms with Crippen molar-refractivity contribution in [1.29, 1.82) is 0 Å². The van der Waals surface area contributed by atoms with Gasteiger partial charge in [0.25, 0.3) is 0 Å². The van der Waals surface area contributed by atoms with Crippen molar-refractivity contribution in [3.63, 3.8) is 0 Å². The van der Waals surface area contributed by atoms with E-state index in [0.29, 0.717) is 5.92 Å². The first-order chi connectivity index (χ1) is 8.65. The number of imidazole rings is 1. The lowest BCUT2D eigenvalue weighted by Crippen LogP contribution is -2.08. The number of aryl methyl sites for hydroxylation is 1. The van der Waals surface area contributed by atoms with Gasteiger partial charge in [0.1, 0.15) is 5.82 Å². The second-order valence-corrected chi connectivity index (χ2v) is 5.07. The third-order valence-corrected chi connectivity index (χ3v) is 2.94. The molecule has 0 amide bonds. The monoisotopic (exact) mass is 243 g/mol. The van der Waals surface area contributed by atoms with E-state index in [-0.39, 0.29) is 0 Å². The van der Waals surface area contributed by atoms with Crippen molar-refractivity contribution in [1.82, 2.24) is 9.55 Å². The van der Waals surface area contributed by atoms with Crippen LogP contribution in [0, 0.1) is 12.8 Å². The van der Waals surface area contributed by atoms with Gasteiger partial charge in [0.05, 0.1) is 0 Å². The van der Waals surface area contributed by atoms with E-state index in [1.54, 1.807) is 0 Å². The van der Waals surface area contributed by atoms with E-state index in [4.69, 9.17) is 0 Å². The quantitative estimate of drug-likeness (QED) is 0.873. The van der Waals surface area contributed by atoms with Crippen molar-refractivity contribution in [2.24, 2.45) is 5.92 Å². The van der Waals surface area contributed by atoms with Crippen molar-refractivity contribution in [3.05, 3.63) is 48.0 Å². The Morgan fingerprint density at radius 1 is 1.22 bits per heavy atom. The highest BCUT2D eigenvalue weighted by Crippen LogP contribution is 2.12. The van der Waals surface area contributed by atoms with E-state index < -0.39 is 0 Å². The van der Waals surface area contributed by atoms with Crippen LogP contribution in [0.2, 0.25) is 0 Å². The van der Waals surface area contributed by atoms with Crippen molar-refractivity contribution < 1.29 is 0 Å². The highest BCUT2D eigenvalue weighted by Gasteiger charge is 1.99. The molecule has 1 aromatic heterocycles. The molecule has 0 aliphatic heterocycles. The van der Waals surface area contributed by atoms with Crippen LogP contribution < -0.4 is 5.32 Å². The molecule has 0 aliphatic carbocycles. The number of anilines is 1. The number of hydrogen-bond acceptors (Lipinski definition) is 2. The van der Waals surface area contributed by atoms with E-state index in [9.17, 15) is 0 Å². The summed E-state index contributed by atoms with van der Waals surface area (Å²) in [6.45, 7) is 8.35. The molecule has 3 heteroatoms. The Bertz CT molecular complexity index is 483. The molecule has 0 spiro atoms. The number of hydrogen-bond donors (Lipinski definition) is 1. The fraction of sp³-hybridized carbons (Fsp3) is 0.400. The largest absolute Gasteiger partial charge is 0.385 e. The van der Waals surface area contributed by atoms with Gasteiger partial charge in [-0.3, -0.25) is 0 Å². The maximum absolute atomic E-state index is 4.23. The van der Waals surface area contributed by atoms with Gasteiger partial charge in [-0.25, -0.2) is 4.98 Å². The molecule has 0 fully saturated rings. The van der Waals surface area contributed by atoms with Gasteiger partial charge in [-0.05, 0) is 30.5 Å². The topological polar surface area (TPSA) is 29.9 Å². The second kappa shape index (κ2) is 5.71. The first kappa shape index (κ1) is 12.7. The van der Waals surface area contributed by atoms with Crippen molar-refractivity contribution in [3.8, 4) is 0 Å². The van der Waals surface area contributed by atoms with Gasteiger partial charge in [0.15, 0.2) is 0 Å². The summed E-state index contributed by atoms with van der Waals surface area (Å²) in [5.74, 6) is 1.72. The molecule has 0 saturated heterocycles. The fourth-order valence-corrected chi connectivity index (χ4v) is 1.82. The highest BCUT2D eigenvalue weighted by atomic mass is 15.0. The summed E-state index contributed by atoms with van der Waals surface area (Å²) in [5.41, 5.74) is 2.49. The Balaban J connectivity index is 1.97. The Labute approximate surface area is 109 Å². The lowest BCUT2D eigenvalue weighted by Gasteiger charge is -2.10. The van der Waals surface area contributed by atoms with Gasteiger partial charge in [-0.1, -0.05) is 26.0 Å². The van der Waals surface area contributed by atoms with Crippen LogP contribution in [0.4, 0.5) is 5.69 Å². The molecule has 2 rings (SSSR count). The van der Waals surface area contributed by atoms with E-state index in [2.05, 4.69) is 53.0 Å². The van der Waals surface area contributed by atoms with Gasteiger partial charge in [-0.2, -0.15) is 0 Å². The van der Waals surface area contributed by atoms with E-state index in [0.717, 1.165) is 18.9 Å². The molecule has 0 unspecified atom stereocenters. The van der Waals surface area contributed by atoms with Crippen LogP contribution in [-0.2, 0) is 6.54 Å². The minimum Gasteiger partial charge on any atom is -0.385 e. The molecule has 0 saturated carbocycles. The molecule has 3 nitrogen and oxygen atoms in total. The van der Waals surface area contributed by atoms with Gasteiger partial charge < -0.3 is 9.88 Å².